The van der Waals surface area contributed by atoms with Crippen molar-refractivity contribution in [1.29, 1.82) is 0 Å². The van der Waals surface area contributed by atoms with Crippen LogP contribution < -0.4 is 0 Å². The highest BCUT2D eigenvalue weighted by molar-refractivity contribution is 7.08. The highest BCUT2D eigenvalue weighted by Crippen LogP contribution is 2.25. The van der Waals surface area contributed by atoms with Crippen molar-refractivity contribution in [3.63, 3.8) is 0 Å². The molecule has 2 aliphatic rings. The van der Waals surface area contributed by atoms with Crippen molar-refractivity contribution in [3.8, 4) is 0 Å². The first-order valence-corrected chi connectivity index (χ1v) is 9.30. The maximum Gasteiger partial charge on any atom is 0.254 e. The number of ether oxygens (including phenoxy) is 1. The molecule has 2 aromatic rings. The van der Waals surface area contributed by atoms with Crippen molar-refractivity contribution in [1.82, 2.24) is 14.8 Å². The molecule has 2 atom stereocenters. The van der Waals surface area contributed by atoms with Gasteiger partial charge < -0.3 is 9.64 Å². The Morgan fingerprint density at radius 2 is 2.29 bits per heavy atom. The highest BCUT2D eigenvalue weighted by atomic mass is 32.1. The van der Waals surface area contributed by atoms with E-state index in [4.69, 9.17) is 4.74 Å². The SMILES string of the molecule is O=C(c1ccsc1)N1CCN2C[C@H](OCc3cccnc3)C[C@H]2C1. The number of piperazine rings is 1. The number of nitrogens with zero attached hydrogens (tertiary/aromatic N) is 3. The van der Waals surface area contributed by atoms with Crippen molar-refractivity contribution < 1.29 is 9.53 Å². The van der Waals surface area contributed by atoms with Gasteiger partial charge in [0.15, 0.2) is 0 Å². The van der Waals surface area contributed by atoms with E-state index in [1.165, 1.54) is 0 Å². The Morgan fingerprint density at radius 3 is 3.08 bits per heavy atom. The van der Waals surface area contributed by atoms with Crippen LogP contribution in [0.1, 0.15) is 22.3 Å². The number of carbonyl (C=O) groups excluding carboxylic acids is 1. The Kier molecular flexibility index (Phi) is 4.60. The molecule has 6 heteroatoms. The molecule has 0 N–H and O–H groups in total. The number of amides is 1. The van der Waals surface area contributed by atoms with E-state index in [-0.39, 0.29) is 12.0 Å². The number of aromatic nitrogens is 1. The molecule has 0 radical (unpaired) electrons. The van der Waals surface area contributed by atoms with Gasteiger partial charge in [0.2, 0.25) is 0 Å². The molecule has 0 saturated carbocycles. The summed E-state index contributed by atoms with van der Waals surface area (Å²) in [5.74, 6) is 0.163. The van der Waals surface area contributed by atoms with Crippen LogP contribution in [0.3, 0.4) is 0 Å². The fraction of sp³-hybridized carbons (Fsp3) is 0.444. The normalized spacial score (nSPS) is 24.1. The van der Waals surface area contributed by atoms with Crippen LogP contribution in [0, 0.1) is 0 Å². The first kappa shape index (κ1) is 15.7. The summed E-state index contributed by atoms with van der Waals surface area (Å²) in [4.78, 5) is 21.1. The zero-order chi connectivity index (χ0) is 16.4. The van der Waals surface area contributed by atoms with Crippen LogP contribution in [-0.2, 0) is 11.3 Å². The molecule has 2 fully saturated rings. The lowest BCUT2D eigenvalue weighted by Gasteiger charge is -2.37. The van der Waals surface area contributed by atoms with Crippen LogP contribution in [0.2, 0.25) is 0 Å². The van der Waals surface area contributed by atoms with Gasteiger partial charge in [-0.25, -0.2) is 0 Å². The van der Waals surface area contributed by atoms with Gasteiger partial charge in [0, 0.05) is 50.0 Å². The molecule has 5 nitrogen and oxygen atoms in total. The van der Waals surface area contributed by atoms with Gasteiger partial charge in [0.05, 0.1) is 18.3 Å². The van der Waals surface area contributed by atoms with Gasteiger partial charge in [-0.2, -0.15) is 11.3 Å². The Labute approximate surface area is 145 Å². The zero-order valence-electron chi connectivity index (χ0n) is 13.5. The Balaban J connectivity index is 1.32. The largest absolute Gasteiger partial charge is 0.372 e. The molecule has 4 heterocycles. The molecule has 24 heavy (non-hydrogen) atoms. The van der Waals surface area contributed by atoms with Crippen molar-refractivity contribution >= 4 is 17.2 Å². The van der Waals surface area contributed by atoms with Crippen LogP contribution in [0.25, 0.3) is 0 Å². The van der Waals surface area contributed by atoms with Crippen LogP contribution in [0.4, 0.5) is 0 Å². The third-order valence-corrected chi connectivity index (χ3v) is 5.52. The predicted octanol–water partition coefficient (Wildman–Crippen LogP) is 2.26. The summed E-state index contributed by atoms with van der Waals surface area (Å²) in [6, 6.07) is 6.30. The van der Waals surface area contributed by atoms with Crippen LogP contribution in [0.5, 0.6) is 0 Å². The monoisotopic (exact) mass is 343 g/mol. The molecular formula is C18H21N3O2S. The molecule has 4 rings (SSSR count). The second kappa shape index (κ2) is 7.01. The molecule has 2 saturated heterocycles. The number of fused-ring (bicyclic) bond motifs is 1. The molecule has 0 unspecified atom stereocenters. The summed E-state index contributed by atoms with van der Waals surface area (Å²) in [7, 11) is 0. The minimum atomic E-state index is 0.163. The summed E-state index contributed by atoms with van der Waals surface area (Å²) < 4.78 is 6.07. The van der Waals surface area contributed by atoms with E-state index < -0.39 is 0 Å². The van der Waals surface area contributed by atoms with Gasteiger partial charge in [-0.1, -0.05) is 6.07 Å². The van der Waals surface area contributed by atoms with E-state index in [1.54, 1.807) is 17.5 Å². The molecule has 0 spiro atoms. The average Bonchev–Trinajstić information content (AvgIpc) is 3.29. The van der Waals surface area contributed by atoms with Crippen molar-refractivity contribution in [2.24, 2.45) is 0 Å². The first-order valence-electron chi connectivity index (χ1n) is 8.35. The third kappa shape index (κ3) is 3.36. The number of rotatable bonds is 4. The van der Waals surface area contributed by atoms with Crippen LogP contribution >= 0.6 is 11.3 Å². The van der Waals surface area contributed by atoms with Gasteiger partial charge >= 0.3 is 0 Å². The van der Waals surface area contributed by atoms with E-state index in [2.05, 4.69) is 9.88 Å². The maximum absolute atomic E-state index is 12.5. The fourth-order valence-electron chi connectivity index (χ4n) is 3.57. The van der Waals surface area contributed by atoms with Gasteiger partial charge in [-0.05, 0) is 29.5 Å². The van der Waals surface area contributed by atoms with Crippen LogP contribution in [-0.4, -0.2) is 59.0 Å². The van der Waals surface area contributed by atoms with E-state index in [0.29, 0.717) is 12.6 Å². The number of hydrogen-bond acceptors (Lipinski definition) is 5. The lowest BCUT2D eigenvalue weighted by Crippen LogP contribution is -2.52. The Bertz CT molecular complexity index is 677. The first-order chi connectivity index (χ1) is 11.8. The number of thiophene rings is 1. The fourth-order valence-corrected chi connectivity index (χ4v) is 4.20. The molecule has 2 aromatic heterocycles. The van der Waals surface area contributed by atoms with E-state index >= 15 is 0 Å². The summed E-state index contributed by atoms with van der Waals surface area (Å²) >= 11 is 1.57. The number of carbonyl (C=O) groups is 1. The summed E-state index contributed by atoms with van der Waals surface area (Å²) in [6.45, 7) is 4.12. The predicted molar refractivity (Wildman–Crippen MR) is 93.0 cm³/mol. The second-order valence-corrected chi connectivity index (χ2v) is 7.22. The Morgan fingerprint density at radius 1 is 1.33 bits per heavy atom. The van der Waals surface area contributed by atoms with Gasteiger partial charge in [-0.15, -0.1) is 0 Å². The Hall–Kier alpha value is -1.76. The molecule has 0 aromatic carbocycles. The second-order valence-electron chi connectivity index (χ2n) is 6.44. The summed E-state index contributed by atoms with van der Waals surface area (Å²) in [5, 5.41) is 3.89. The van der Waals surface area contributed by atoms with Gasteiger partial charge in [0.25, 0.3) is 5.91 Å². The van der Waals surface area contributed by atoms with E-state index in [0.717, 1.165) is 43.7 Å². The third-order valence-electron chi connectivity index (χ3n) is 4.84. The standard InChI is InChI=1S/C18H21N3O2S/c22-18(15-3-7-24-13-15)21-6-5-20-11-17(8-16(20)10-21)23-12-14-2-1-4-19-9-14/h1-4,7,9,13,16-17H,5-6,8,10-12H2/t16-,17+/m0/s1. The van der Waals surface area contributed by atoms with Gasteiger partial charge in [0.1, 0.15) is 0 Å². The van der Waals surface area contributed by atoms with Gasteiger partial charge in [-0.3, -0.25) is 14.7 Å². The highest BCUT2D eigenvalue weighted by Gasteiger charge is 2.38. The molecule has 0 bridgehead atoms. The van der Waals surface area contributed by atoms with Crippen molar-refractivity contribution in [2.75, 3.05) is 26.2 Å². The number of hydrogen-bond donors (Lipinski definition) is 0. The smallest absolute Gasteiger partial charge is 0.254 e. The van der Waals surface area contributed by atoms with E-state index in [9.17, 15) is 4.79 Å². The van der Waals surface area contributed by atoms with Crippen molar-refractivity contribution in [2.45, 2.75) is 25.2 Å². The van der Waals surface area contributed by atoms with E-state index in [1.807, 2.05) is 40.1 Å². The summed E-state index contributed by atoms with van der Waals surface area (Å²) in [6.07, 6.45) is 4.86. The average molecular weight is 343 g/mol. The molecular weight excluding hydrogens is 322 g/mol. The minimum Gasteiger partial charge on any atom is -0.372 e. The quantitative estimate of drug-likeness (QED) is 0.854. The van der Waals surface area contributed by atoms with Crippen LogP contribution in [0.15, 0.2) is 41.4 Å². The zero-order valence-corrected chi connectivity index (χ0v) is 14.3. The van der Waals surface area contributed by atoms with Crippen molar-refractivity contribution in [3.05, 3.63) is 52.5 Å². The number of pyridine rings is 1. The lowest BCUT2D eigenvalue weighted by molar-refractivity contribution is 0.0450. The maximum atomic E-state index is 12.5. The molecule has 1 amide bonds. The molecule has 126 valence electrons. The minimum absolute atomic E-state index is 0.163. The lowest BCUT2D eigenvalue weighted by atomic mass is 10.1. The topological polar surface area (TPSA) is 45.7 Å². The molecule has 2 aliphatic heterocycles. The summed E-state index contributed by atoms with van der Waals surface area (Å²) in [5.41, 5.74) is 1.92. The molecule has 0 aliphatic carbocycles.